The molecule has 25 heavy (non-hydrogen) atoms. The van der Waals surface area contributed by atoms with Crippen LogP contribution in [0.2, 0.25) is 0 Å². The van der Waals surface area contributed by atoms with Gasteiger partial charge in [-0.15, -0.1) is 0 Å². The highest BCUT2D eigenvalue weighted by Gasteiger charge is 2.63. The number of allylic oxidation sites excluding steroid dienone is 1. The first-order valence-corrected chi connectivity index (χ1v) is 9.97. The van der Waals surface area contributed by atoms with E-state index in [0.29, 0.717) is 19.3 Å². The van der Waals surface area contributed by atoms with Gasteiger partial charge in [0.2, 0.25) is 0 Å². The molecule has 0 spiro atoms. The average Bonchev–Trinajstić information content (AvgIpc) is 2.61. The van der Waals surface area contributed by atoms with Crippen molar-refractivity contribution in [3.63, 3.8) is 0 Å². The van der Waals surface area contributed by atoms with Crippen molar-refractivity contribution >= 4 is 21.6 Å². The van der Waals surface area contributed by atoms with E-state index in [4.69, 9.17) is 4.74 Å². The minimum atomic E-state index is -3.91. The lowest BCUT2D eigenvalue weighted by atomic mass is 9.59. The Hall–Kier alpha value is -1.95. The Morgan fingerprint density at radius 2 is 1.92 bits per heavy atom. The summed E-state index contributed by atoms with van der Waals surface area (Å²) in [6, 6.07) is 8.00. The van der Waals surface area contributed by atoms with Gasteiger partial charge in [-0.25, -0.2) is 8.42 Å². The van der Waals surface area contributed by atoms with Gasteiger partial charge in [0, 0.05) is 6.42 Å². The van der Waals surface area contributed by atoms with Crippen molar-refractivity contribution in [3.8, 4) is 0 Å². The van der Waals surface area contributed by atoms with E-state index in [1.54, 1.807) is 24.3 Å². The van der Waals surface area contributed by atoms with E-state index in [2.05, 4.69) is 0 Å². The van der Waals surface area contributed by atoms with Crippen LogP contribution in [0.4, 0.5) is 0 Å². The monoisotopic (exact) mass is 362 g/mol. The third-order valence-electron chi connectivity index (χ3n) is 5.44. The van der Waals surface area contributed by atoms with E-state index in [0.717, 1.165) is 5.57 Å². The number of Topliss-reactive ketones (excluding diaryl/α,β-unsaturated/α-hetero) is 1. The van der Waals surface area contributed by atoms with Crippen molar-refractivity contribution < 1.29 is 22.7 Å². The Balaban J connectivity index is 2.26. The second-order valence-electron chi connectivity index (χ2n) is 6.87. The van der Waals surface area contributed by atoms with Gasteiger partial charge in [0.15, 0.2) is 15.6 Å². The van der Waals surface area contributed by atoms with E-state index in [9.17, 15) is 18.0 Å². The molecule has 0 radical (unpaired) electrons. The fraction of sp³-hybridized carbons (Fsp3) is 0.474. The van der Waals surface area contributed by atoms with Crippen LogP contribution in [-0.4, -0.2) is 32.5 Å². The lowest BCUT2D eigenvalue weighted by Crippen LogP contribution is -2.59. The van der Waals surface area contributed by atoms with Gasteiger partial charge in [-0.1, -0.05) is 29.8 Å². The third-order valence-corrected chi connectivity index (χ3v) is 7.55. The number of rotatable bonds is 3. The summed E-state index contributed by atoms with van der Waals surface area (Å²) in [4.78, 5) is 25.9. The van der Waals surface area contributed by atoms with Crippen molar-refractivity contribution in [2.75, 3.05) is 7.11 Å². The number of methoxy groups -OCH3 is 1. The number of sulfone groups is 1. The van der Waals surface area contributed by atoms with Crippen molar-refractivity contribution in [3.05, 3.63) is 42.0 Å². The van der Waals surface area contributed by atoms with Gasteiger partial charge in [0.05, 0.1) is 12.0 Å². The second kappa shape index (κ2) is 6.41. The molecule has 3 rings (SSSR count). The molecule has 3 atom stereocenters. The molecule has 5 nitrogen and oxygen atoms in total. The molecule has 0 unspecified atom stereocenters. The first-order chi connectivity index (χ1) is 11.8. The number of ketones is 1. The predicted octanol–water partition coefficient (Wildman–Crippen LogP) is 2.71. The summed E-state index contributed by atoms with van der Waals surface area (Å²) in [5.41, 5.74) is -0.745. The number of esters is 1. The zero-order valence-electron chi connectivity index (χ0n) is 14.4. The largest absolute Gasteiger partial charge is 0.468 e. The topological polar surface area (TPSA) is 77.5 Å². The first kappa shape index (κ1) is 17.9. The number of carbonyl (C=O) groups is 2. The Labute approximate surface area is 148 Å². The number of ether oxygens (including phenoxy) is 1. The Kier molecular flexibility index (Phi) is 4.58. The first-order valence-electron chi connectivity index (χ1n) is 8.43. The molecule has 6 heteroatoms. The highest BCUT2D eigenvalue weighted by molar-refractivity contribution is 7.92. The van der Waals surface area contributed by atoms with E-state index >= 15 is 0 Å². The van der Waals surface area contributed by atoms with Crippen LogP contribution in [-0.2, 0) is 24.2 Å². The number of benzene rings is 1. The van der Waals surface area contributed by atoms with E-state index in [1.165, 1.54) is 19.2 Å². The molecular formula is C19H22O5S. The van der Waals surface area contributed by atoms with Crippen LogP contribution in [0.3, 0.4) is 0 Å². The molecule has 2 aliphatic carbocycles. The summed E-state index contributed by atoms with van der Waals surface area (Å²) in [5.74, 6) is -1.38. The van der Waals surface area contributed by atoms with Crippen LogP contribution in [0.1, 0.15) is 32.6 Å². The SMILES string of the molecule is COC(=O)[C@@]12C(=O)CCC[C@@H]1CC(C)=C[C@@H]2S(=O)(=O)c1ccccc1. The van der Waals surface area contributed by atoms with Crippen molar-refractivity contribution in [2.24, 2.45) is 11.3 Å². The average molecular weight is 362 g/mol. The zero-order valence-corrected chi connectivity index (χ0v) is 15.2. The lowest BCUT2D eigenvalue weighted by molar-refractivity contribution is -0.164. The van der Waals surface area contributed by atoms with Crippen LogP contribution < -0.4 is 0 Å². The summed E-state index contributed by atoms with van der Waals surface area (Å²) in [5, 5.41) is -1.22. The van der Waals surface area contributed by atoms with Crippen LogP contribution in [0, 0.1) is 11.3 Å². The maximum Gasteiger partial charge on any atom is 0.321 e. The fourth-order valence-corrected chi connectivity index (χ4v) is 6.48. The van der Waals surface area contributed by atoms with Gasteiger partial charge in [-0.2, -0.15) is 0 Å². The standard InChI is InChI=1S/C19H22O5S/c1-13-11-14-7-6-10-16(20)19(14,18(21)24-2)17(12-13)25(22,23)15-8-4-3-5-9-15/h3-5,8-9,12,14,17H,6-7,10-11H2,1-2H3/t14-,17+,19-/m1/s1. The summed E-state index contributed by atoms with van der Waals surface area (Å²) in [6.45, 7) is 1.85. The molecule has 1 aromatic carbocycles. The van der Waals surface area contributed by atoms with Crippen molar-refractivity contribution in [1.82, 2.24) is 0 Å². The fourth-order valence-electron chi connectivity index (χ4n) is 4.33. The maximum atomic E-state index is 13.4. The Bertz CT molecular complexity index is 815. The van der Waals surface area contributed by atoms with Gasteiger partial charge in [0.25, 0.3) is 0 Å². The Morgan fingerprint density at radius 3 is 2.56 bits per heavy atom. The van der Waals surface area contributed by atoms with E-state index in [-0.39, 0.29) is 23.0 Å². The number of carbonyl (C=O) groups excluding carboxylic acids is 2. The Morgan fingerprint density at radius 1 is 1.24 bits per heavy atom. The summed E-state index contributed by atoms with van der Waals surface area (Å²) < 4.78 is 31.7. The van der Waals surface area contributed by atoms with Gasteiger partial charge >= 0.3 is 5.97 Å². The van der Waals surface area contributed by atoms with Crippen molar-refractivity contribution in [2.45, 2.75) is 42.8 Å². The minimum absolute atomic E-state index is 0.117. The molecular weight excluding hydrogens is 340 g/mol. The minimum Gasteiger partial charge on any atom is -0.468 e. The number of hydrogen-bond acceptors (Lipinski definition) is 5. The molecule has 0 bridgehead atoms. The molecule has 0 aromatic heterocycles. The number of fused-ring (bicyclic) bond motifs is 1. The zero-order chi connectivity index (χ0) is 18.2. The van der Waals surface area contributed by atoms with Crippen LogP contribution in [0.15, 0.2) is 46.9 Å². The summed E-state index contributed by atoms with van der Waals surface area (Å²) in [7, 11) is -2.69. The quantitative estimate of drug-likeness (QED) is 0.469. The third kappa shape index (κ3) is 2.63. The smallest absolute Gasteiger partial charge is 0.321 e. The molecule has 0 N–H and O–H groups in total. The van der Waals surface area contributed by atoms with Crippen LogP contribution in [0.25, 0.3) is 0 Å². The molecule has 0 aliphatic heterocycles. The lowest BCUT2D eigenvalue weighted by Gasteiger charge is -2.46. The van der Waals surface area contributed by atoms with Crippen LogP contribution >= 0.6 is 0 Å². The van der Waals surface area contributed by atoms with Gasteiger partial charge in [-0.3, -0.25) is 9.59 Å². The second-order valence-corrected chi connectivity index (χ2v) is 8.94. The maximum absolute atomic E-state index is 13.4. The van der Waals surface area contributed by atoms with E-state index in [1.807, 2.05) is 6.92 Å². The molecule has 2 aliphatic rings. The van der Waals surface area contributed by atoms with E-state index < -0.39 is 26.5 Å². The van der Waals surface area contributed by atoms with Gasteiger partial charge < -0.3 is 4.74 Å². The molecule has 0 amide bonds. The molecule has 134 valence electrons. The van der Waals surface area contributed by atoms with Gasteiger partial charge in [-0.05, 0) is 44.2 Å². The molecule has 0 saturated heterocycles. The highest BCUT2D eigenvalue weighted by atomic mass is 32.2. The normalized spacial score (nSPS) is 29.5. The summed E-state index contributed by atoms with van der Waals surface area (Å²) in [6.07, 6.45) is 3.65. The predicted molar refractivity (Wildman–Crippen MR) is 92.6 cm³/mol. The van der Waals surface area contributed by atoms with Gasteiger partial charge in [0.1, 0.15) is 10.7 Å². The summed E-state index contributed by atoms with van der Waals surface area (Å²) >= 11 is 0. The van der Waals surface area contributed by atoms with Crippen molar-refractivity contribution in [1.29, 1.82) is 0 Å². The molecule has 1 fully saturated rings. The highest BCUT2D eigenvalue weighted by Crippen LogP contribution is 2.52. The molecule has 1 aromatic rings. The number of hydrogen-bond donors (Lipinski definition) is 0. The molecule has 1 saturated carbocycles. The van der Waals surface area contributed by atoms with Crippen LogP contribution in [0.5, 0.6) is 0 Å². The molecule has 0 heterocycles.